The van der Waals surface area contributed by atoms with Crippen LogP contribution in [0.4, 0.5) is 28.4 Å². The van der Waals surface area contributed by atoms with Crippen LogP contribution in [0.2, 0.25) is 0 Å². The Morgan fingerprint density at radius 2 is 0.617 bits per heavy atom. The van der Waals surface area contributed by atoms with Gasteiger partial charge in [-0.25, -0.2) is 0 Å². The maximum Gasteiger partial charge on any atom is 0.0468 e. The first-order valence-corrected chi connectivity index (χ1v) is 16.1. The fourth-order valence-corrected chi connectivity index (χ4v) is 6.42. The van der Waals surface area contributed by atoms with Crippen molar-refractivity contribution in [1.82, 2.24) is 0 Å². The molecule has 8 rings (SSSR count). The minimum Gasteiger partial charge on any atom is -0.345 e. The van der Waals surface area contributed by atoms with Crippen molar-refractivity contribution < 1.29 is 0 Å². The van der Waals surface area contributed by atoms with Crippen molar-refractivity contribution in [3.8, 4) is 22.3 Å². The summed E-state index contributed by atoms with van der Waals surface area (Å²) in [5.74, 6) is 0. The number of benzene rings is 8. The highest BCUT2D eigenvalue weighted by atomic mass is 15.1. The fraction of sp³-hybridized carbons (Fsp3) is 0.0222. The van der Waals surface area contributed by atoms with Crippen LogP contribution in [0.5, 0.6) is 0 Å². The van der Waals surface area contributed by atoms with Crippen LogP contribution < -0.4 is 9.80 Å². The van der Waals surface area contributed by atoms with Crippen LogP contribution in [0.15, 0.2) is 188 Å². The number of hydrogen-bond donors (Lipinski definition) is 0. The first-order chi connectivity index (χ1) is 23.2. The highest BCUT2D eigenvalue weighted by Crippen LogP contribution is 2.38. The summed E-state index contributed by atoms with van der Waals surface area (Å²) in [6.07, 6.45) is 0. The van der Waals surface area contributed by atoms with Crippen molar-refractivity contribution >= 4 is 50.0 Å². The van der Waals surface area contributed by atoms with Gasteiger partial charge in [-0.2, -0.15) is 0 Å². The van der Waals surface area contributed by atoms with E-state index in [4.69, 9.17) is 0 Å². The van der Waals surface area contributed by atoms with Gasteiger partial charge in [0, 0.05) is 35.5 Å². The molecule has 47 heavy (non-hydrogen) atoms. The molecule has 0 amide bonds. The van der Waals surface area contributed by atoms with Gasteiger partial charge >= 0.3 is 0 Å². The predicted octanol–water partition coefficient (Wildman–Crippen LogP) is 12.6. The molecule has 0 atom stereocenters. The third-order valence-electron chi connectivity index (χ3n) is 9.06. The van der Waals surface area contributed by atoms with Gasteiger partial charge in [0.1, 0.15) is 0 Å². The molecular formula is C45H34N2. The molecule has 0 bridgehead atoms. The SMILES string of the molecule is CN(c1ccc(-c2ccccc2)cc1)c1ccc(-c2ccc(N(c3ccc4ccccc4c3)c3ccc4ccccc4c3)cc2)cc1. The number of hydrogen-bond acceptors (Lipinski definition) is 2. The van der Waals surface area contributed by atoms with Gasteiger partial charge in [-0.15, -0.1) is 0 Å². The van der Waals surface area contributed by atoms with E-state index in [2.05, 4.69) is 205 Å². The lowest BCUT2D eigenvalue weighted by Crippen LogP contribution is -2.10. The smallest absolute Gasteiger partial charge is 0.0468 e. The van der Waals surface area contributed by atoms with Crippen molar-refractivity contribution in [3.63, 3.8) is 0 Å². The van der Waals surface area contributed by atoms with Gasteiger partial charge in [-0.1, -0.05) is 127 Å². The van der Waals surface area contributed by atoms with Gasteiger partial charge < -0.3 is 9.80 Å². The highest BCUT2D eigenvalue weighted by molar-refractivity contribution is 5.92. The van der Waals surface area contributed by atoms with E-state index in [1.165, 1.54) is 43.8 Å². The summed E-state index contributed by atoms with van der Waals surface area (Å²) in [6, 6.07) is 67.5. The molecule has 0 saturated heterocycles. The topological polar surface area (TPSA) is 6.48 Å². The molecule has 0 fully saturated rings. The summed E-state index contributed by atoms with van der Waals surface area (Å²) in [7, 11) is 2.12. The Morgan fingerprint density at radius 3 is 1.06 bits per heavy atom. The number of fused-ring (bicyclic) bond motifs is 2. The zero-order chi connectivity index (χ0) is 31.6. The van der Waals surface area contributed by atoms with E-state index in [-0.39, 0.29) is 0 Å². The van der Waals surface area contributed by atoms with Crippen LogP contribution in [0.3, 0.4) is 0 Å². The average molecular weight is 603 g/mol. The quantitative estimate of drug-likeness (QED) is 0.179. The first-order valence-electron chi connectivity index (χ1n) is 16.1. The maximum absolute atomic E-state index is 2.35. The second-order valence-electron chi connectivity index (χ2n) is 12.0. The van der Waals surface area contributed by atoms with Gasteiger partial charge in [-0.3, -0.25) is 0 Å². The first kappa shape index (κ1) is 28.4. The zero-order valence-electron chi connectivity index (χ0n) is 26.3. The van der Waals surface area contributed by atoms with Crippen molar-refractivity contribution in [2.24, 2.45) is 0 Å². The lowest BCUT2D eigenvalue weighted by molar-refractivity contribution is 1.21. The van der Waals surface area contributed by atoms with E-state index in [1.807, 2.05) is 0 Å². The van der Waals surface area contributed by atoms with Gasteiger partial charge in [0.25, 0.3) is 0 Å². The molecule has 8 aromatic carbocycles. The minimum absolute atomic E-state index is 1.12. The fourth-order valence-electron chi connectivity index (χ4n) is 6.42. The molecule has 0 saturated carbocycles. The molecule has 0 aliphatic heterocycles. The molecule has 8 aromatic rings. The summed E-state index contributed by atoms with van der Waals surface area (Å²) >= 11 is 0. The molecule has 0 heterocycles. The van der Waals surface area contributed by atoms with Crippen LogP contribution in [0, 0.1) is 0 Å². The van der Waals surface area contributed by atoms with Crippen molar-refractivity contribution in [1.29, 1.82) is 0 Å². The molecule has 0 unspecified atom stereocenters. The van der Waals surface area contributed by atoms with E-state index >= 15 is 0 Å². The monoisotopic (exact) mass is 602 g/mol. The molecule has 0 spiro atoms. The molecule has 0 aliphatic carbocycles. The minimum atomic E-state index is 1.12. The van der Waals surface area contributed by atoms with Crippen LogP contribution >= 0.6 is 0 Å². The van der Waals surface area contributed by atoms with Crippen molar-refractivity contribution in [2.75, 3.05) is 16.8 Å². The van der Waals surface area contributed by atoms with Crippen molar-refractivity contribution in [3.05, 3.63) is 188 Å². The highest BCUT2D eigenvalue weighted by Gasteiger charge is 2.14. The van der Waals surface area contributed by atoms with Crippen LogP contribution in [-0.4, -0.2) is 7.05 Å². The summed E-state index contributed by atoms with van der Waals surface area (Å²) < 4.78 is 0. The standard InChI is InChI=1S/C45H34N2/c1-46(41-23-15-36(16-24-41)33-9-3-2-4-10-33)42-25-17-37(18-26-42)38-19-27-43(28-20-38)47(44-29-21-34-11-5-7-13-39(34)31-44)45-30-22-35-12-6-8-14-40(35)32-45/h2-32H,1H3. The second kappa shape index (κ2) is 12.3. The van der Waals surface area contributed by atoms with E-state index < -0.39 is 0 Å². The Labute approximate surface area is 276 Å². The summed E-state index contributed by atoms with van der Waals surface area (Å²) in [5.41, 5.74) is 10.5. The van der Waals surface area contributed by atoms with Gasteiger partial charge in [-0.05, 0) is 104 Å². The maximum atomic E-state index is 2.35. The second-order valence-corrected chi connectivity index (χ2v) is 12.0. The third-order valence-corrected chi connectivity index (χ3v) is 9.06. The molecule has 0 aliphatic rings. The zero-order valence-corrected chi connectivity index (χ0v) is 26.3. The van der Waals surface area contributed by atoms with Gasteiger partial charge in [0.15, 0.2) is 0 Å². The Hall–Kier alpha value is -6.12. The number of nitrogens with zero attached hydrogens (tertiary/aromatic N) is 2. The normalized spacial score (nSPS) is 11.1. The largest absolute Gasteiger partial charge is 0.345 e. The van der Waals surface area contributed by atoms with Crippen LogP contribution in [0.1, 0.15) is 0 Å². The van der Waals surface area contributed by atoms with E-state index in [1.54, 1.807) is 0 Å². The Bertz CT molecular complexity index is 2210. The molecular weight excluding hydrogens is 569 g/mol. The number of rotatable bonds is 7. The third kappa shape index (κ3) is 5.74. The van der Waals surface area contributed by atoms with Crippen LogP contribution in [0.25, 0.3) is 43.8 Å². The summed E-state index contributed by atoms with van der Waals surface area (Å²) in [4.78, 5) is 4.58. The predicted molar refractivity (Wildman–Crippen MR) is 202 cm³/mol. The van der Waals surface area contributed by atoms with Crippen molar-refractivity contribution in [2.45, 2.75) is 0 Å². The summed E-state index contributed by atoms with van der Waals surface area (Å²) in [5, 5.41) is 4.93. The Balaban J connectivity index is 1.08. The van der Waals surface area contributed by atoms with Crippen LogP contribution in [-0.2, 0) is 0 Å². The molecule has 0 aromatic heterocycles. The lowest BCUT2D eigenvalue weighted by atomic mass is 10.0. The summed E-state index contributed by atoms with van der Waals surface area (Å²) in [6.45, 7) is 0. The van der Waals surface area contributed by atoms with E-state index in [0.717, 1.165) is 28.4 Å². The molecule has 0 radical (unpaired) electrons. The molecule has 224 valence electrons. The molecule has 2 nitrogen and oxygen atoms in total. The Morgan fingerprint density at radius 1 is 0.277 bits per heavy atom. The van der Waals surface area contributed by atoms with E-state index in [9.17, 15) is 0 Å². The lowest BCUT2D eigenvalue weighted by Gasteiger charge is -2.26. The molecule has 0 N–H and O–H groups in total. The van der Waals surface area contributed by atoms with Gasteiger partial charge in [0.05, 0.1) is 0 Å². The van der Waals surface area contributed by atoms with E-state index in [0.29, 0.717) is 0 Å². The molecule has 2 heteroatoms. The van der Waals surface area contributed by atoms with Gasteiger partial charge in [0.2, 0.25) is 0 Å². The average Bonchev–Trinajstić information content (AvgIpc) is 3.15. The number of anilines is 5. The Kier molecular flexibility index (Phi) is 7.45.